The van der Waals surface area contributed by atoms with Crippen molar-refractivity contribution in [1.82, 2.24) is 14.9 Å². The van der Waals surface area contributed by atoms with Crippen molar-refractivity contribution < 1.29 is 4.79 Å². The molecule has 0 spiro atoms. The van der Waals surface area contributed by atoms with E-state index in [9.17, 15) is 4.79 Å². The molecule has 2 rings (SSSR count). The molecule has 0 aliphatic rings. The van der Waals surface area contributed by atoms with Crippen molar-refractivity contribution in [3.8, 4) is 0 Å². The van der Waals surface area contributed by atoms with E-state index in [2.05, 4.69) is 14.9 Å². The maximum absolute atomic E-state index is 11.0. The van der Waals surface area contributed by atoms with Gasteiger partial charge >= 0.3 is 0 Å². The Morgan fingerprint density at radius 1 is 1.00 bits per heavy atom. The number of rotatable bonds is 7. The van der Waals surface area contributed by atoms with Crippen LogP contribution in [0.4, 0.5) is 0 Å². The van der Waals surface area contributed by atoms with Gasteiger partial charge in [0.05, 0.1) is 11.4 Å². The third-order valence-electron chi connectivity index (χ3n) is 2.90. The molecule has 104 valence electrons. The van der Waals surface area contributed by atoms with E-state index in [1.165, 1.54) is 0 Å². The van der Waals surface area contributed by atoms with E-state index in [-0.39, 0.29) is 5.91 Å². The molecule has 20 heavy (non-hydrogen) atoms. The first-order valence-corrected chi connectivity index (χ1v) is 6.54. The number of pyridine rings is 2. The van der Waals surface area contributed by atoms with E-state index in [0.717, 1.165) is 11.4 Å². The van der Waals surface area contributed by atoms with E-state index >= 15 is 0 Å². The van der Waals surface area contributed by atoms with Crippen molar-refractivity contribution in [2.45, 2.75) is 19.5 Å². The summed E-state index contributed by atoms with van der Waals surface area (Å²) in [6.07, 6.45) is 3.87. The lowest BCUT2D eigenvalue weighted by molar-refractivity contribution is -0.118. The SMILES string of the molecule is NC(=O)CCN(Cc1ccccn1)Cc1ccccn1. The molecular formula is C15H18N4O. The fourth-order valence-electron chi connectivity index (χ4n) is 1.92. The van der Waals surface area contributed by atoms with Gasteiger partial charge in [-0.25, -0.2) is 0 Å². The van der Waals surface area contributed by atoms with E-state index in [0.29, 0.717) is 26.1 Å². The van der Waals surface area contributed by atoms with Crippen molar-refractivity contribution >= 4 is 5.91 Å². The second-order valence-electron chi connectivity index (χ2n) is 4.57. The zero-order chi connectivity index (χ0) is 14.2. The second kappa shape index (κ2) is 7.35. The summed E-state index contributed by atoms with van der Waals surface area (Å²) in [7, 11) is 0. The van der Waals surface area contributed by atoms with E-state index < -0.39 is 0 Å². The van der Waals surface area contributed by atoms with Gasteiger partial charge in [-0.15, -0.1) is 0 Å². The second-order valence-corrected chi connectivity index (χ2v) is 4.57. The molecule has 0 fully saturated rings. The number of hydrogen-bond acceptors (Lipinski definition) is 4. The Hall–Kier alpha value is -2.27. The number of aromatic nitrogens is 2. The lowest BCUT2D eigenvalue weighted by Gasteiger charge is -2.20. The zero-order valence-corrected chi connectivity index (χ0v) is 11.3. The van der Waals surface area contributed by atoms with Gasteiger partial charge in [-0.1, -0.05) is 12.1 Å². The third kappa shape index (κ3) is 4.78. The average molecular weight is 270 g/mol. The summed E-state index contributed by atoms with van der Waals surface area (Å²) in [4.78, 5) is 21.7. The molecule has 0 saturated carbocycles. The number of carbonyl (C=O) groups is 1. The van der Waals surface area contributed by atoms with Crippen molar-refractivity contribution in [3.05, 3.63) is 60.2 Å². The topological polar surface area (TPSA) is 72.1 Å². The quantitative estimate of drug-likeness (QED) is 0.824. The van der Waals surface area contributed by atoms with Crippen molar-refractivity contribution in [2.24, 2.45) is 5.73 Å². The Bertz CT molecular complexity index is 489. The van der Waals surface area contributed by atoms with Crippen LogP contribution < -0.4 is 5.73 Å². The fourth-order valence-corrected chi connectivity index (χ4v) is 1.92. The monoisotopic (exact) mass is 270 g/mol. The van der Waals surface area contributed by atoms with Crippen molar-refractivity contribution in [1.29, 1.82) is 0 Å². The number of nitrogens with two attached hydrogens (primary N) is 1. The van der Waals surface area contributed by atoms with Crippen LogP contribution in [0, 0.1) is 0 Å². The van der Waals surface area contributed by atoms with Crippen LogP contribution >= 0.6 is 0 Å². The van der Waals surface area contributed by atoms with Gasteiger partial charge in [0.1, 0.15) is 0 Å². The van der Waals surface area contributed by atoms with E-state index in [1.54, 1.807) is 12.4 Å². The molecular weight excluding hydrogens is 252 g/mol. The minimum absolute atomic E-state index is 0.294. The summed E-state index contributed by atoms with van der Waals surface area (Å²) < 4.78 is 0. The van der Waals surface area contributed by atoms with Crippen molar-refractivity contribution in [3.63, 3.8) is 0 Å². The number of carbonyl (C=O) groups excluding carboxylic acids is 1. The number of primary amides is 1. The number of nitrogens with zero attached hydrogens (tertiary/aromatic N) is 3. The van der Waals surface area contributed by atoms with Gasteiger partial charge in [0.25, 0.3) is 0 Å². The van der Waals surface area contributed by atoms with Crippen LogP contribution in [-0.2, 0) is 17.9 Å². The van der Waals surface area contributed by atoms with Crippen LogP contribution in [0.25, 0.3) is 0 Å². The summed E-state index contributed by atoms with van der Waals surface area (Å²) >= 11 is 0. The first kappa shape index (κ1) is 14.1. The minimum atomic E-state index is -0.294. The Kier molecular flexibility index (Phi) is 5.20. The van der Waals surface area contributed by atoms with Gasteiger partial charge in [0.15, 0.2) is 0 Å². The number of hydrogen-bond donors (Lipinski definition) is 1. The Balaban J connectivity index is 2.02. The predicted molar refractivity (Wildman–Crippen MR) is 76.4 cm³/mol. The van der Waals surface area contributed by atoms with Gasteiger partial charge < -0.3 is 5.73 Å². The molecule has 1 amide bonds. The summed E-state index contributed by atoms with van der Waals surface area (Å²) in [5.41, 5.74) is 7.16. The molecule has 0 saturated heterocycles. The summed E-state index contributed by atoms with van der Waals surface area (Å²) in [5, 5.41) is 0. The van der Waals surface area contributed by atoms with Gasteiger partial charge in [0, 0.05) is 38.4 Å². The van der Waals surface area contributed by atoms with Crippen molar-refractivity contribution in [2.75, 3.05) is 6.54 Å². The molecule has 0 aromatic carbocycles. The molecule has 2 aromatic heterocycles. The summed E-state index contributed by atoms with van der Waals surface area (Å²) in [6, 6.07) is 11.6. The standard InChI is InChI=1S/C15H18N4O/c16-15(20)7-10-19(11-13-5-1-3-8-17-13)12-14-6-2-4-9-18-14/h1-6,8-9H,7,10-12H2,(H2,16,20). The lowest BCUT2D eigenvalue weighted by Crippen LogP contribution is -2.28. The summed E-state index contributed by atoms with van der Waals surface area (Å²) in [5.74, 6) is -0.294. The molecule has 0 unspecified atom stereocenters. The normalized spacial score (nSPS) is 10.7. The Morgan fingerprint density at radius 3 is 1.95 bits per heavy atom. The highest BCUT2D eigenvalue weighted by molar-refractivity contribution is 5.73. The first-order valence-electron chi connectivity index (χ1n) is 6.54. The van der Waals surface area contributed by atoms with Gasteiger partial charge in [-0.3, -0.25) is 19.7 Å². The lowest BCUT2D eigenvalue weighted by atomic mass is 10.2. The van der Waals surface area contributed by atoms with Crippen LogP contribution in [0.3, 0.4) is 0 Å². The van der Waals surface area contributed by atoms with Crippen LogP contribution in [0.1, 0.15) is 17.8 Å². The highest BCUT2D eigenvalue weighted by Crippen LogP contribution is 2.07. The maximum atomic E-state index is 11.0. The zero-order valence-electron chi connectivity index (χ0n) is 11.3. The predicted octanol–water partition coefficient (Wildman–Crippen LogP) is 1.35. The largest absolute Gasteiger partial charge is 0.370 e. The van der Waals surface area contributed by atoms with Gasteiger partial charge in [-0.05, 0) is 24.3 Å². The average Bonchev–Trinajstić information content (AvgIpc) is 2.47. The Morgan fingerprint density at radius 2 is 1.55 bits per heavy atom. The molecule has 0 radical (unpaired) electrons. The highest BCUT2D eigenvalue weighted by Gasteiger charge is 2.09. The van der Waals surface area contributed by atoms with Crippen LogP contribution in [0.15, 0.2) is 48.8 Å². The van der Waals surface area contributed by atoms with Crippen LogP contribution in [-0.4, -0.2) is 27.3 Å². The molecule has 2 aromatic rings. The van der Waals surface area contributed by atoms with Gasteiger partial charge in [-0.2, -0.15) is 0 Å². The van der Waals surface area contributed by atoms with E-state index in [4.69, 9.17) is 5.73 Å². The molecule has 0 aliphatic carbocycles. The fraction of sp³-hybridized carbons (Fsp3) is 0.267. The van der Waals surface area contributed by atoms with Crippen LogP contribution in [0.5, 0.6) is 0 Å². The van der Waals surface area contributed by atoms with E-state index in [1.807, 2.05) is 36.4 Å². The molecule has 2 N–H and O–H groups in total. The van der Waals surface area contributed by atoms with Gasteiger partial charge in [0.2, 0.25) is 5.91 Å². The highest BCUT2D eigenvalue weighted by atomic mass is 16.1. The molecule has 5 nitrogen and oxygen atoms in total. The molecule has 0 aliphatic heterocycles. The smallest absolute Gasteiger partial charge is 0.218 e. The first-order chi connectivity index (χ1) is 9.74. The minimum Gasteiger partial charge on any atom is -0.370 e. The molecule has 5 heteroatoms. The molecule has 0 bridgehead atoms. The summed E-state index contributed by atoms with van der Waals surface area (Å²) in [6.45, 7) is 1.94. The number of amides is 1. The molecule has 2 heterocycles. The third-order valence-corrected chi connectivity index (χ3v) is 2.90. The Labute approximate surface area is 118 Å². The van der Waals surface area contributed by atoms with Crippen LogP contribution in [0.2, 0.25) is 0 Å². The molecule has 0 atom stereocenters. The maximum Gasteiger partial charge on any atom is 0.218 e.